The Kier molecular flexibility index (Phi) is 5.56. The molecule has 1 saturated heterocycles. The van der Waals surface area contributed by atoms with Crippen molar-refractivity contribution >= 4 is 13.6 Å². The molecule has 14 heteroatoms. The van der Waals surface area contributed by atoms with E-state index in [1.165, 1.54) is 6.07 Å². The number of hydrogen-bond donors (Lipinski definition) is 2. The third kappa shape index (κ3) is 3.83. The van der Waals surface area contributed by atoms with Gasteiger partial charge >= 0.3 is 13.5 Å². The second-order valence-electron chi connectivity index (χ2n) is 6.89. The van der Waals surface area contributed by atoms with Crippen molar-refractivity contribution in [2.24, 2.45) is 0 Å². The van der Waals surface area contributed by atoms with Crippen molar-refractivity contribution in [1.29, 1.82) is 0 Å². The summed E-state index contributed by atoms with van der Waals surface area (Å²) in [5, 5.41) is 10.2. The number of alkyl halides is 3. The zero-order valence-corrected chi connectivity index (χ0v) is 16.5. The van der Waals surface area contributed by atoms with Crippen molar-refractivity contribution in [2.75, 3.05) is 12.3 Å². The quantitative estimate of drug-likeness (QED) is 0.637. The van der Waals surface area contributed by atoms with Gasteiger partial charge in [-0.15, -0.1) is 0 Å². The molecule has 0 spiro atoms. The fourth-order valence-electron chi connectivity index (χ4n) is 3.23. The summed E-state index contributed by atoms with van der Waals surface area (Å²) in [6.07, 6.45) is -9.36. The second kappa shape index (κ2) is 7.92. The lowest BCUT2D eigenvalue weighted by Gasteiger charge is -2.32. The highest BCUT2D eigenvalue weighted by Gasteiger charge is 2.62. The van der Waals surface area contributed by atoms with E-state index in [4.69, 9.17) is 24.0 Å². The fraction of sp³-hybridized carbons (Fsp3) is 0.412. The van der Waals surface area contributed by atoms with Crippen molar-refractivity contribution < 1.29 is 41.2 Å². The molecule has 2 aromatic rings. The monoisotopic (exact) mass is 463 g/mol. The number of nitrogens with zero attached hydrogens (tertiary/aromatic N) is 2. The van der Waals surface area contributed by atoms with Gasteiger partial charge in [0.25, 0.3) is 6.43 Å². The van der Waals surface area contributed by atoms with E-state index in [1.807, 2.05) is 0 Å². The minimum atomic E-state index is -4.38. The molecule has 4 rings (SSSR count). The van der Waals surface area contributed by atoms with Gasteiger partial charge in [-0.1, -0.05) is 18.2 Å². The van der Waals surface area contributed by atoms with Gasteiger partial charge in [-0.25, -0.2) is 22.5 Å². The van der Waals surface area contributed by atoms with Gasteiger partial charge in [0.2, 0.25) is 0 Å². The first-order chi connectivity index (χ1) is 14.7. The average Bonchev–Trinajstić information content (AvgIpc) is 2.98. The Hall–Kier alpha value is -2.44. The zero-order valence-electron chi connectivity index (χ0n) is 15.6. The summed E-state index contributed by atoms with van der Waals surface area (Å²) in [5.74, 6) is -0.0135. The first-order valence-electron chi connectivity index (χ1n) is 8.94. The molecule has 5 unspecified atom stereocenters. The van der Waals surface area contributed by atoms with Crippen LogP contribution in [0.4, 0.5) is 19.0 Å². The van der Waals surface area contributed by atoms with Gasteiger partial charge in [-0.2, -0.15) is 4.98 Å². The summed E-state index contributed by atoms with van der Waals surface area (Å²) in [6.45, 7) is -1.43. The number of benzene rings is 1. The van der Waals surface area contributed by atoms with E-state index in [9.17, 15) is 27.6 Å². The number of ether oxygens (including phenoxy) is 1. The Labute approximate surface area is 172 Å². The number of aliphatic hydroxyl groups is 1. The largest absolute Gasteiger partial charge is 0.530 e. The molecule has 0 bridgehead atoms. The number of nitrogens with two attached hydrogens (primary N) is 1. The van der Waals surface area contributed by atoms with E-state index in [1.54, 1.807) is 18.2 Å². The molecule has 0 aliphatic carbocycles. The minimum absolute atomic E-state index is 0.164. The number of anilines is 1. The van der Waals surface area contributed by atoms with Crippen LogP contribution in [0.3, 0.4) is 0 Å². The molecule has 0 amide bonds. The molecule has 2 aliphatic heterocycles. The van der Waals surface area contributed by atoms with Crippen molar-refractivity contribution in [1.82, 2.24) is 9.55 Å². The van der Waals surface area contributed by atoms with Gasteiger partial charge in [0.1, 0.15) is 17.7 Å². The van der Waals surface area contributed by atoms with Crippen molar-refractivity contribution in [3.63, 3.8) is 0 Å². The third-order valence-corrected chi connectivity index (χ3v) is 6.23. The van der Waals surface area contributed by atoms with Crippen molar-refractivity contribution in [3.8, 4) is 5.75 Å². The van der Waals surface area contributed by atoms with Crippen molar-refractivity contribution in [3.05, 3.63) is 52.6 Å². The van der Waals surface area contributed by atoms with E-state index in [-0.39, 0.29) is 18.2 Å². The maximum Gasteiger partial charge on any atom is 0.530 e. The standard InChI is InChI=1S/C17H17F3N3O7P/c18-12-13(24)17(15(19)20,29-14(12)23-6-5-11(21)22-16(23)25)8-28-31(26)27-7-9-3-1-2-4-10(9)30-31/h1-6,12-15,24H,7-8H2,(H2,21,22,25). The molecule has 10 nitrogen and oxygen atoms in total. The lowest BCUT2D eigenvalue weighted by molar-refractivity contribution is -0.194. The van der Waals surface area contributed by atoms with Crippen molar-refractivity contribution in [2.45, 2.75) is 37.1 Å². The third-order valence-electron chi connectivity index (χ3n) is 4.92. The van der Waals surface area contributed by atoms with Gasteiger partial charge < -0.3 is 20.1 Å². The topological polar surface area (TPSA) is 135 Å². The molecule has 3 N–H and O–H groups in total. The Bertz CT molecular complexity index is 1090. The van der Waals surface area contributed by atoms with E-state index in [2.05, 4.69) is 4.98 Å². The summed E-state index contributed by atoms with van der Waals surface area (Å²) < 4.78 is 76.3. The number of para-hydroxylation sites is 1. The van der Waals surface area contributed by atoms with Gasteiger partial charge in [0.05, 0.1) is 13.2 Å². The Morgan fingerprint density at radius 1 is 1.39 bits per heavy atom. The normalized spacial score (nSPS) is 32.6. The van der Waals surface area contributed by atoms with Crippen LogP contribution in [-0.4, -0.2) is 45.6 Å². The average molecular weight is 463 g/mol. The van der Waals surface area contributed by atoms with Crippen LogP contribution < -0.4 is 15.9 Å². The minimum Gasteiger partial charge on any atom is -0.404 e. The van der Waals surface area contributed by atoms with Crippen LogP contribution in [0.1, 0.15) is 11.8 Å². The molecular weight excluding hydrogens is 446 g/mol. The molecule has 0 radical (unpaired) electrons. The van der Waals surface area contributed by atoms with E-state index >= 15 is 0 Å². The van der Waals surface area contributed by atoms with E-state index < -0.39 is 50.6 Å². The van der Waals surface area contributed by atoms with Crippen LogP contribution in [0.5, 0.6) is 5.75 Å². The maximum absolute atomic E-state index is 14.7. The first-order valence-corrected chi connectivity index (χ1v) is 10.4. The number of halogens is 3. The molecule has 1 aromatic carbocycles. The smallest absolute Gasteiger partial charge is 0.404 e. The Balaban J connectivity index is 1.58. The van der Waals surface area contributed by atoms with Crippen LogP contribution in [0, 0.1) is 0 Å². The highest BCUT2D eigenvalue weighted by atomic mass is 31.2. The SMILES string of the molecule is Nc1ccn(C2OC(COP3(=O)OCc4ccccc4O3)(C(F)F)C(O)C2F)c(=O)n1. The predicted molar refractivity (Wildman–Crippen MR) is 98.1 cm³/mol. The van der Waals surface area contributed by atoms with Gasteiger partial charge in [0.15, 0.2) is 18.0 Å². The van der Waals surface area contributed by atoms with Crippen LogP contribution in [0.25, 0.3) is 0 Å². The molecule has 31 heavy (non-hydrogen) atoms. The van der Waals surface area contributed by atoms with Crippen LogP contribution in [-0.2, 0) is 25.0 Å². The number of nitrogen functional groups attached to an aromatic ring is 1. The van der Waals surface area contributed by atoms with E-state index in [0.29, 0.717) is 10.1 Å². The number of rotatable bonds is 5. The predicted octanol–water partition coefficient (Wildman–Crippen LogP) is 1.79. The van der Waals surface area contributed by atoms with Gasteiger partial charge in [0, 0.05) is 11.8 Å². The molecule has 0 saturated carbocycles. The highest BCUT2D eigenvalue weighted by molar-refractivity contribution is 7.49. The zero-order chi connectivity index (χ0) is 22.4. The molecule has 5 atom stereocenters. The Morgan fingerprint density at radius 2 is 2.13 bits per heavy atom. The maximum atomic E-state index is 14.7. The van der Waals surface area contributed by atoms with Gasteiger partial charge in [-0.3, -0.25) is 13.6 Å². The number of fused-ring (bicyclic) bond motifs is 1. The van der Waals surface area contributed by atoms with Crippen LogP contribution >= 0.6 is 7.82 Å². The summed E-state index contributed by atoms with van der Waals surface area (Å²) in [4.78, 5) is 15.3. The molecule has 1 aromatic heterocycles. The number of phosphoric ester groups is 1. The van der Waals surface area contributed by atoms with E-state index in [0.717, 1.165) is 12.3 Å². The number of aliphatic hydroxyl groups excluding tert-OH is 1. The highest BCUT2D eigenvalue weighted by Crippen LogP contribution is 2.56. The molecule has 2 aliphatic rings. The second-order valence-corrected chi connectivity index (χ2v) is 8.48. The summed E-state index contributed by atoms with van der Waals surface area (Å²) in [6, 6.07) is 7.52. The van der Waals surface area contributed by atoms with Gasteiger partial charge in [-0.05, 0) is 12.1 Å². The number of aromatic nitrogens is 2. The summed E-state index contributed by atoms with van der Waals surface area (Å²) in [7, 11) is -4.38. The Morgan fingerprint density at radius 3 is 2.84 bits per heavy atom. The number of hydrogen-bond acceptors (Lipinski definition) is 9. The first kappa shape index (κ1) is 21.8. The molecule has 3 heterocycles. The lowest BCUT2D eigenvalue weighted by Crippen LogP contribution is -2.52. The van der Waals surface area contributed by atoms with Crippen LogP contribution in [0.15, 0.2) is 41.3 Å². The summed E-state index contributed by atoms with van der Waals surface area (Å²) >= 11 is 0. The van der Waals surface area contributed by atoms with Crippen LogP contribution in [0.2, 0.25) is 0 Å². The summed E-state index contributed by atoms with van der Waals surface area (Å²) in [5.41, 5.74) is 1.87. The molecular formula is C17H17F3N3O7P. The lowest BCUT2D eigenvalue weighted by atomic mass is 9.97. The number of phosphoric acid groups is 1. The molecule has 168 valence electrons. The fourth-order valence-corrected chi connectivity index (χ4v) is 4.48. The molecule has 1 fully saturated rings.